The molecule has 2 aliphatic rings. The van der Waals surface area contributed by atoms with Gasteiger partial charge in [0, 0.05) is 18.0 Å². The first-order valence-electron chi connectivity index (χ1n) is 11.3. The largest absolute Gasteiger partial charge is 0.497 e. The van der Waals surface area contributed by atoms with E-state index >= 15 is 0 Å². The number of nitrogens with zero attached hydrogens (tertiary/aromatic N) is 2. The number of ether oxygens (including phenoxy) is 2. The van der Waals surface area contributed by atoms with E-state index in [0.29, 0.717) is 13.1 Å². The van der Waals surface area contributed by atoms with Crippen LogP contribution in [-0.2, 0) is 14.3 Å². The second-order valence-corrected chi connectivity index (χ2v) is 9.76. The Morgan fingerprint density at radius 1 is 1.18 bits per heavy atom. The average Bonchev–Trinajstić information content (AvgIpc) is 3.34. The van der Waals surface area contributed by atoms with E-state index in [4.69, 9.17) is 9.47 Å². The molecule has 176 valence electrons. The number of benzene rings is 2. The van der Waals surface area contributed by atoms with Gasteiger partial charge in [0.2, 0.25) is 0 Å². The predicted molar refractivity (Wildman–Crippen MR) is 130 cm³/mol. The molecule has 7 nitrogen and oxygen atoms in total. The molecule has 1 amide bonds. The second kappa shape index (κ2) is 10.6. The number of anilines is 1. The zero-order chi connectivity index (χ0) is 23.4. The Kier molecular flexibility index (Phi) is 7.57. The molecule has 33 heavy (non-hydrogen) atoms. The number of hydrogen-bond donors (Lipinski definition) is 1. The van der Waals surface area contributed by atoms with Crippen molar-refractivity contribution in [2.75, 3.05) is 45.7 Å². The third kappa shape index (κ3) is 5.34. The van der Waals surface area contributed by atoms with Crippen molar-refractivity contribution < 1.29 is 19.1 Å². The van der Waals surface area contributed by atoms with Crippen molar-refractivity contribution in [3.05, 3.63) is 54.1 Å². The van der Waals surface area contributed by atoms with E-state index < -0.39 is 6.10 Å². The fourth-order valence-corrected chi connectivity index (χ4v) is 5.47. The maximum absolute atomic E-state index is 13.9. The van der Waals surface area contributed by atoms with E-state index in [1.165, 1.54) is 0 Å². The minimum absolute atomic E-state index is 0.193. The minimum atomic E-state index is -0.937. The summed E-state index contributed by atoms with van der Waals surface area (Å²) >= 11 is 1.56. The van der Waals surface area contributed by atoms with E-state index in [1.807, 2.05) is 67.5 Å². The Morgan fingerprint density at radius 3 is 2.61 bits per heavy atom. The first kappa shape index (κ1) is 23.6. The summed E-state index contributed by atoms with van der Waals surface area (Å²) in [6, 6.07) is 15.2. The molecule has 0 saturated carbocycles. The number of rotatable bonds is 7. The molecular weight excluding hydrogens is 438 g/mol. The zero-order valence-corrected chi connectivity index (χ0v) is 20.1. The van der Waals surface area contributed by atoms with Crippen LogP contribution in [0.4, 0.5) is 5.69 Å². The fraction of sp³-hybridized carbons (Fsp3) is 0.440. The highest BCUT2D eigenvalue weighted by Crippen LogP contribution is 2.47. The van der Waals surface area contributed by atoms with Gasteiger partial charge in [0.05, 0.1) is 18.0 Å². The van der Waals surface area contributed by atoms with Crippen LogP contribution in [0.5, 0.6) is 5.75 Å². The summed E-state index contributed by atoms with van der Waals surface area (Å²) in [6.45, 7) is 1.99. The maximum Gasteiger partial charge on any atom is 0.323 e. The molecule has 2 aromatic carbocycles. The number of para-hydroxylation sites is 1. The topological polar surface area (TPSA) is 71.1 Å². The zero-order valence-electron chi connectivity index (χ0n) is 19.3. The molecule has 4 rings (SSSR count). The number of methoxy groups -OCH3 is 1. The number of amides is 1. The highest BCUT2D eigenvalue weighted by molar-refractivity contribution is 7.99. The molecule has 2 heterocycles. The van der Waals surface area contributed by atoms with E-state index in [-0.39, 0.29) is 23.2 Å². The quantitative estimate of drug-likeness (QED) is 0.625. The van der Waals surface area contributed by atoms with Crippen LogP contribution in [0.25, 0.3) is 0 Å². The van der Waals surface area contributed by atoms with E-state index in [9.17, 15) is 9.59 Å². The van der Waals surface area contributed by atoms with Crippen molar-refractivity contribution in [2.45, 2.75) is 35.1 Å². The third-order valence-corrected chi connectivity index (χ3v) is 7.37. The Balaban J connectivity index is 1.73. The van der Waals surface area contributed by atoms with Crippen LogP contribution in [0.3, 0.4) is 0 Å². The summed E-state index contributed by atoms with van der Waals surface area (Å²) in [7, 11) is 5.58. The van der Waals surface area contributed by atoms with Gasteiger partial charge in [-0.2, -0.15) is 0 Å². The lowest BCUT2D eigenvalue weighted by molar-refractivity contribution is -0.156. The number of nitrogens with one attached hydrogen (secondary N) is 1. The summed E-state index contributed by atoms with van der Waals surface area (Å²) < 4.78 is 11.3. The molecule has 1 fully saturated rings. The van der Waals surface area contributed by atoms with Crippen LogP contribution in [0.2, 0.25) is 0 Å². The van der Waals surface area contributed by atoms with Gasteiger partial charge < -0.3 is 24.6 Å². The normalized spacial score (nSPS) is 22.7. The third-order valence-electron chi connectivity index (χ3n) is 6.00. The van der Waals surface area contributed by atoms with E-state index in [2.05, 4.69) is 5.32 Å². The number of carbonyl (C=O) groups excluding carboxylic acids is 2. The highest BCUT2D eigenvalue weighted by atomic mass is 32.2. The average molecular weight is 470 g/mol. The van der Waals surface area contributed by atoms with Gasteiger partial charge in [-0.25, -0.2) is 0 Å². The molecule has 0 aromatic heterocycles. The van der Waals surface area contributed by atoms with E-state index in [0.717, 1.165) is 41.3 Å². The number of likely N-dealkylation sites (N-methyl/N-ethyl adjacent to an activating group) is 1. The lowest BCUT2D eigenvalue weighted by atomic mass is 10.1. The summed E-state index contributed by atoms with van der Waals surface area (Å²) in [6.07, 6.45) is 0.716. The predicted octanol–water partition coefficient (Wildman–Crippen LogP) is 3.10. The van der Waals surface area contributed by atoms with Gasteiger partial charge in [0.1, 0.15) is 11.8 Å². The van der Waals surface area contributed by atoms with Crippen LogP contribution in [0.1, 0.15) is 23.7 Å². The summed E-state index contributed by atoms with van der Waals surface area (Å²) in [5, 5.41) is 2.81. The fourth-order valence-electron chi connectivity index (χ4n) is 4.15. The molecule has 0 radical (unpaired) electrons. The van der Waals surface area contributed by atoms with Gasteiger partial charge in [-0.1, -0.05) is 24.3 Å². The second-order valence-electron chi connectivity index (χ2n) is 8.58. The summed E-state index contributed by atoms with van der Waals surface area (Å²) in [5.41, 5.74) is 1.76. The first-order chi connectivity index (χ1) is 16.0. The molecular formula is C25H31N3O4S. The van der Waals surface area contributed by atoms with Crippen LogP contribution in [0.15, 0.2) is 53.4 Å². The van der Waals surface area contributed by atoms with Gasteiger partial charge in [0.15, 0.2) is 6.10 Å². The smallest absolute Gasteiger partial charge is 0.323 e. The molecule has 8 heteroatoms. The minimum Gasteiger partial charge on any atom is -0.497 e. The molecule has 1 unspecified atom stereocenters. The Hall–Kier alpha value is -2.55. The number of fused-ring (bicyclic) bond motifs is 1. The van der Waals surface area contributed by atoms with Crippen molar-refractivity contribution >= 4 is 29.3 Å². The first-order valence-corrected chi connectivity index (χ1v) is 12.2. The SMILES string of the molecule is COc1ccc([C@H]2Sc3ccccc3N(CCN(C)C)C(=O)[C@H]2OC(=O)C2CCCN2)cc1. The van der Waals surface area contributed by atoms with Crippen molar-refractivity contribution in [3.8, 4) is 5.75 Å². The van der Waals surface area contributed by atoms with Crippen molar-refractivity contribution in [1.82, 2.24) is 10.2 Å². The van der Waals surface area contributed by atoms with Crippen molar-refractivity contribution in [1.29, 1.82) is 0 Å². The van der Waals surface area contributed by atoms with Gasteiger partial charge >= 0.3 is 5.97 Å². The van der Waals surface area contributed by atoms with Crippen LogP contribution in [0, 0.1) is 0 Å². The molecule has 1 saturated heterocycles. The van der Waals surface area contributed by atoms with Gasteiger partial charge in [-0.05, 0) is 63.3 Å². The van der Waals surface area contributed by atoms with Crippen LogP contribution in [-0.4, -0.2) is 69.8 Å². The lowest BCUT2D eigenvalue weighted by Crippen LogP contribution is -2.47. The van der Waals surface area contributed by atoms with Crippen LogP contribution >= 0.6 is 11.8 Å². The Bertz CT molecular complexity index is 976. The lowest BCUT2D eigenvalue weighted by Gasteiger charge is -2.29. The molecule has 1 N–H and O–H groups in total. The van der Waals surface area contributed by atoms with Gasteiger partial charge in [0.25, 0.3) is 5.91 Å². The molecule has 0 aliphatic carbocycles. The van der Waals surface area contributed by atoms with Crippen molar-refractivity contribution in [3.63, 3.8) is 0 Å². The van der Waals surface area contributed by atoms with Gasteiger partial charge in [-0.3, -0.25) is 9.59 Å². The standard InChI is InChI=1S/C25H31N3O4S/c1-27(2)15-16-28-20-8-4-5-9-21(20)33-23(17-10-12-18(31-3)13-11-17)22(24(28)29)32-25(30)19-7-6-14-26-19/h4-5,8-13,19,22-23,26H,6-7,14-16H2,1-3H3/t19?,22-,23+/m0/s1. The monoisotopic (exact) mass is 469 g/mol. The van der Waals surface area contributed by atoms with E-state index in [1.54, 1.807) is 23.8 Å². The summed E-state index contributed by atoms with van der Waals surface area (Å²) in [5.74, 6) is 0.186. The number of thioether (sulfide) groups is 1. The molecule has 2 aromatic rings. The van der Waals surface area contributed by atoms with Gasteiger partial charge in [-0.15, -0.1) is 11.8 Å². The van der Waals surface area contributed by atoms with Crippen molar-refractivity contribution in [2.24, 2.45) is 0 Å². The number of carbonyl (C=O) groups is 2. The molecule has 2 aliphatic heterocycles. The van der Waals surface area contributed by atoms with Crippen LogP contribution < -0.4 is 15.0 Å². The number of esters is 1. The molecule has 3 atom stereocenters. The Labute approximate surface area is 199 Å². The maximum atomic E-state index is 13.9. The molecule has 0 spiro atoms. The number of hydrogen-bond acceptors (Lipinski definition) is 7. The summed E-state index contributed by atoms with van der Waals surface area (Å²) in [4.78, 5) is 31.7. The Morgan fingerprint density at radius 2 is 1.94 bits per heavy atom. The highest BCUT2D eigenvalue weighted by Gasteiger charge is 2.42. The molecule has 0 bridgehead atoms.